The Balaban J connectivity index is 3.85. The summed E-state index contributed by atoms with van der Waals surface area (Å²) in [7, 11) is 0. The second kappa shape index (κ2) is 4.71. The van der Waals surface area contributed by atoms with E-state index in [0.717, 1.165) is 0 Å². The summed E-state index contributed by atoms with van der Waals surface area (Å²) < 4.78 is 0. The maximum absolute atomic E-state index is 11.0. The largest absolute Gasteiger partial charge is 0.370 e. The van der Waals surface area contributed by atoms with Crippen molar-refractivity contribution in [1.82, 2.24) is 5.32 Å². The fraction of sp³-hybridized carbons (Fsp3) is 0.714. The molecule has 0 saturated carbocycles. The van der Waals surface area contributed by atoms with Crippen LogP contribution in [0.5, 0.6) is 0 Å². The van der Waals surface area contributed by atoms with E-state index >= 15 is 0 Å². The quantitative estimate of drug-likeness (QED) is 0.493. The molecule has 1 unspecified atom stereocenters. The minimum atomic E-state index is -0.829. The zero-order valence-electron chi connectivity index (χ0n) is 7.33. The molecule has 0 heterocycles. The molecule has 0 aromatic carbocycles. The van der Waals surface area contributed by atoms with Crippen LogP contribution in [0.2, 0.25) is 0 Å². The predicted octanol–water partition coefficient (Wildman–Crippen LogP) is -1.29. The molecule has 0 fully saturated rings. The maximum atomic E-state index is 11.0. The van der Waals surface area contributed by atoms with Crippen molar-refractivity contribution in [3.05, 3.63) is 0 Å². The smallest absolute Gasteiger partial charge is 0.237 e. The highest BCUT2D eigenvalue weighted by Crippen LogP contribution is 1.88. The van der Waals surface area contributed by atoms with Crippen LogP contribution < -0.4 is 16.8 Å². The molecule has 0 aliphatic heterocycles. The normalized spacial score (nSPS) is 12.7. The van der Waals surface area contributed by atoms with Crippen molar-refractivity contribution in [1.29, 1.82) is 0 Å². The number of nitrogens with one attached hydrogen (secondary N) is 1. The first kappa shape index (κ1) is 10.9. The van der Waals surface area contributed by atoms with Crippen LogP contribution in [0.4, 0.5) is 0 Å². The minimum absolute atomic E-state index is 0.0245. The van der Waals surface area contributed by atoms with Gasteiger partial charge >= 0.3 is 0 Å². The Kier molecular flexibility index (Phi) is 4.28. The number of nitrogens with two attached hydrogens (primary N) is 2. The van der Waals surface area contributed by atoms with Gasteiger partial charge in [-0.3, -0.25) is 9.59 Å². The lowest BCUT2D eigenvalue weighted by molar-refractivity contribution is -0.126. The maximum Gasteiger partial charge on any atom is 0.237 e. The fourth-order valence-electron chi connectivity index (χ4n) is 0.701. The van der Waals surface area contributed by atoms with E-state index in [4.69, 9.17) is 11.5 Å². The van der Waals surface area contributed by atoms with E-state index < -0.39 is 11.9 Å². The van der Waals surface area contributed by atoms with Gasteiger partial charge in [0.2, 0.25) is 11.8 Å². The van der Waals surface area contributed by atoms with Gasteiger partial charge in [-0.2, -0.15) is 0 Å². The monoisotopic (exact) mass is 173 g/mol. The fourth-order valence-corrected chi connectivity index (χ4v) is 0.701. The second-order valence-electron chi connectivity index (χ2n) is 2.94. The Morgan fingerprint density at radius 2 is 1.92 bits per heavy atom. The first-order valence-corrected chi connectivity index (χ1v) is 3.77. The molecule has 0 bridgehead atoms. The molecule has 5 heteroatoms. The number of rotatable bonds is 4. The molecule has 5 nitrogen and oxygen atoms in total. The van der Waals surface area contributed by atoms with Crippen LogP contribution in [0.25, 0.3) is 0 Å². The van der Waals surface area contributed by atoms with E-state index in [2.05, 4.69) is 5.32 Å². The Hall–Kier alpha value is -1.10. The topological polar surface area (TPSA) is 98.2 Å². The van der Waals surface area contributed by atoms with Gasteiger partial charge in [0.25, 0.3) is 0 Å². The molecule has 70 valence electrons. The Morgan fingerprint density at radius 1 is 1.42 bits per heavy atom. The third kappa shape index (κ3) is 4.68. The Labute approximate surface area is 71.5 Å². The predicted molar refractivity (Wildman–Crippen MR) is 45.1 cm³/mol. The van der Waals surface area contributed by atoms with E-state index in [1.807, 2.05) is 13.8 Å². The molecule has 0 aliphatic rings. The number of carbonyl (C=O) groups excluding carboxylic acids is 2. The number of primary amides is 1. The third-order valence-electron chi connectivity index (χ3n) is 1.19. The number of amides is 2. The van der Waals surface area contributed by atoms with Crippen molar-refractivity contribution >= 4 is 11.8 Å². The lowest BCUT2D eigenvalue weighted by atomic mass is 10.2. The van der Waals surface area contributed by atoms with Gasteiger partial charge in [-0.05, 0) is 13.8 Å². The summed E-state index contributed by atoms with van der Waals surface area (Å²) >= 11 is 0. The first-order valence-electron chi connectivity index (χ1n) is 3.77. The molecule has 0 rings (SSSR count). The van der Waals surface area contributed by atoms with Gasteiger partial charge in [0, 0.05) is 6.04 Å². The van der Waals surface area contributed by atoms with E-state index in [9.17, 15) is 9.59 Å². The van der Waals surface area contributed by atoms with Gasteiger partial charge in [0.15, 0.2) is 0 Å². The van der Waals surface area contributed by atoms with Crippen molar-refractivity contribution < 1.29 is 9.59 Å². The summed E-state index contributed by atoms with van der Waals surface area (Å²) in [5, 5.41) is 2.58. The molecular formula is C7H15N3O2. The van der Waals surface area contributed by atoms with Crippen LogP contribution in [0.3, 0.4) is 0 Å². The molecule has 5 N–H and O–H groups in total. The summed E-state index contributed by atoms with van der Waals surface area (Å²) in [5.41, 5.74) is 10.2. The molecule has 0 aromatic heterocycles. The van der Waals surface area contributed by atoms with Crippen LogP contribution >= 0.6 is 0 Å². The van der Waals surface area contributed by atoms with Gasteiger partial charge in [-0.15, -0.1) is 0 Å². The highest BCUT2D eigenvalue weighted by atomic mass is 16.2. The zero-order valence-corrected chi connectivity index (χ0v) is 7.33. The number of carbonyl (C=O) groups is 2. The Bertz CT molecular complexity index is 179. The summed E-state index contributed by atoms with van der Waals surface area (Å²) in [6, 6.07) is -0.804. The van der Waals surface area contributed by atoms with Gasteiger partial charge in [0.05, 0.1) is 12.5 Å². The lowest BCUT2D eigenvalue weighted by Crippen LogP contribution is -2.45. The van der Waals surface area contributed by atoms with Crippen molar-refractivity contribution in [2.24, 2.45) is 11.5 Å². The van der Waals surface area contributed by atoms with Crippen molar-refractivity contribution in [2.45, 2.75) is 32.4 Å². The van der Waals surface area contributed by atoms with Crippen LogP contribution in [0.15, 0.2) is 0 Å². The molecule has 0 saturated heterocycles. The van der Waals surface area contributed by atoms with E-state index in [1.54, 1.807) is 0 Å². The van der Waals surface area contributed by atoms with Gasteiger partial charge in [0.1, 0.15) is 0 Å². The summed E-state index contributed by atoms with van der Waals surface area (Å²) in [6.45, 7) is 3.63. The van der Waals surface area contributed by atoms with Crippen molar-refractivity contribution in [3.63, 3.8) is 0 Å². The van der Waals surface area contributed by atoms with E-state index in [0.29, 0.717) is 0 Å². The van der Waals surface area contributed by atoms with E-state index in [-0.39, 0.29) is 18.4 Å². The number of hydrogen-bond acceptors (Lipinski definition) is 3. The van der Waals surface area contributed by atoms with Gasteiger partial charge in [-0.1, -0.05) is 0 Å². The summed E-state index contributed by atoms with van der Waals surface area (Å²) in [5.74, 6) is -0.912. The molecule has 2 amide bonds. The molecule has 0 radical (unpaired) electrons. The third-order valence-corrected chi connectivity index (χ3v) is 1.19. The van der Waals surface area contributed by atoms with Crippen LogP contribution in [-0.2, 0) is 9.59 Å². The molecule has 0 spiro atoms. The molecule has 1 atom stereocenters. The lowest BCUT2D eigenvalue weighted by Gasteiger charge is -2.12. The summed E-state index contributed by atoms with van der Waals surface area (Å²) in [4.78, 5) is 21.4. The van der Waals surface area contributed by atoms with Crippen molar-refractivity contribution in [2.75, 3.05) is 0 Å². The molecule has 12 heavy (non-hydrogen) atoms. The highest BCUT2D eigenvalue weighted by Gasteiger charge is 2.15. The molecule has 0 aromatic rings. The SMILES string of the molecule is CC(C)NC(=O)C(N)CC(N)=O. The van der Waals surface area contributed by atoms with E-state index in [1.165, 1.54) is 0 Å². The number of hydrogen-bond donors (Lipinski definition) is 3. The Morgan fingerprint density at radius 3 is 2.25 bits per heavy atom. The second-order valence-corrected chi connectivity index (χ2v) is 2.94. The average Bonchev–Trinajstić information content (AvgIpc) is 1.84. The zero-order chi connectivity index (χ0) is 9.72. The summed E-state index contributed by atoms with van der Waals surface area (Å²) in [6.07, 6.45) is -0.113. The average molecular weight is 173 g/mol. The van der Waals surface area contributed by atoms with Crippen LogP contribution in [0, 0.1) is 0 Å². The van der Waals surface area contributed by atoms with Gasteiger partial charge in [-0.25, -0.2) is 0 Å². The minimum Gasteiger partial charge on any atom is -0.370 e. The first-order chi connectivity index (χ1) is 5.43. The van der Waals surface area contributed by atoms with Crippen LogP contribution in [-0.4, -0.2) is 23.9 Å². The van der Waals surface area contributed by atoms with Crippen molar-refractivity contribution in [3.8, 4) is 0 Å². The van der Waals surface area contributed by atoms with Crippen LogP contribution in [0.1, 0.15) is 20.3 Å². The molecular weight excluding hydrogens is 158 g/mol. The highest BCUT2D eigenvalue weighted by molar-refractivity contribution is 5.87. The van der Waals surface area contributed by atoms with Gasteiger partial charge < -0.3 is 16.8 Å². The standard InChI is InChI=1S/C7H15N3O2/c1-4(2)10-7(12)5(8)3-6(9)11/h4-5H,3,8H2,1-2H3,(H2,9,11)(H,10,12). The molecule has 0 aliphatic carbocycles.